The van der Waals surface area contributed by atoms with Crippen molar-refractivity contribution in [3.05, 3.63) is 59.9 Å². The third kappa shape index (κ3) is 6.65. The fourth-order valence-electron chi connectivity index (χ4n) is 4.75. The van der Waals surface area contributed by atoms with E-state index in [1.165, 1.54) is 5.01 Å². The van der Waals surface area contributed by atoms with Gasteiger partial charge in [-0.25, -0.2) is 10.4 Å². The van der Waals surface area contributed by atoms with Gasteiger partial charge in [0.1, 0.15) is 24.2 Å². The maximum Gasteiger partial charge on any atom is 0.325 e. The lowest BCUT2D eigenvalue weighted by atomic mass is 9.99. The van der Waals surface area contributed by atoms with Crippen LogP contribution < -0.4 is 16.1 Å². The number of aromatic nitrogens is 1. The number of hydrogen-bond donors (Lipinski definition) is 3. The monoisotopic (exact) mass is 533 g/mol. The number of cyclic esters (lactones) is 1. The van der Waals surface area contributed by atoms with Crippen LogP contribution in [0.4, 0.5) is 0 Å². The second-order valence-electron chi connectivity index (χ2n) is 10.9. The lowest BCUT2D eigenvalue weighted by Crippen LogP contribution is -2.60. The summed E-state index contributed by atoms with van der Waals surface area (Å²) < 4.78 is 5.76. The van der Waals surface area contributed by atoms with Crippen molar-refractivity contribution in [3.8, 4) is 0 Å². The number of nitrogens with one attached hydrogen (secondary N) is 3. The average Bonchev–Trinajstić information content (AvgIpc) is 2.92. The van der Waals surface area contributed by atoms with E-state index >= 15 is 0 Å². The number of carbonyl (C=O) groups excluding carboxylic acids is 3. The van der Waals surface area contributed by atoms with Gasteiger partial charge in [0.2, 0.25) is 5.91 Å². The Labute approximate surface area is 230 Å². The Morgan fingerprint density at radius 2 is 1.82 bits per heavy atom. The second kappa shape index (κ2) is 12.0. The molecule has 0 unspecified atom stereocenters. The Morgan fingerprint density at radius 1 is 1.08 bits per heavy atom. The van der Waals surface area contributed by atoms with Crippen LogP contribution >= 0.6 is 0 Å². The molecular formula is C30H39N5O4. The molecule has 0 spiro atoms. The SMILES string of the molecule is C=C1N[C@@H](C(C)C)C(=O)N[C@@H](C)C(=O)N2CCC[C@H](N2)C(=O)O[C@H](C)c2ccc3ccc(cc3n2)/C=C/[C@H]1C. The second-order valence-corrected chi connectivity index (χ2v) is 10.9. The Hall–Kier alpha value is -3.72. The summed E-state index contributed by atoms with van der Waals surface area (Å²) in [5, 5.41) is 8.51. The molecule has 0 aliphatic carbocycles. The zero-order valence-corrected chi connectivity index (χ0v) is 23.4. The van der Waals surface area contributed by atoms with Crippen LogP contribution in [-0.4, -0.2) is 52.4 Å². The van der Waals surface area contributed by atoms with E-state index in [2.05, 4.69) is 22.6 Å². The summed E-state index contributed by atoms with van der Waals surface area (Å²) >= 11 is 0. The number of hydrogen-bond acceptors (Lipinski definition) is 7. The van der Waals surface area contributed by atoms with Crippen molar-refractivity contribution in [2.75, 3.05) is 6.54 Å². The molecule has 208 valence electrons. The zero-order valence-electron chi connectivity index (χ0n) is 23.4. The first-order chi connectivity index (χ1) is 18.5. The highest BCUT2D eigenvalue weighted by Crippen LogP contribution is 2.23. The van der Waals surface area contributed by atoms with Gasteiger partial charge in [0.25, 0.3) is 5.91 Å². The van der Waals surface area contributed by atoms with Crippen molar-refractivity contribution in [2.45, 2.75) is 71.7 Å². The number of rotatable bonds is 1. The summed E-state index contributed by atoms with van der Waals surface area (Å²) in [7, 11) is 0. The fraction of sp³-hybridized carbons (Fsp3) is 0.467. The summed E-state index contributed by atoms with van der Waals surface area (Å²) in [6.45, 7) is 13.9. The minimum absolute atomic E-state index is 0.0446. The number of nitrogens with zero attached hydrogens (tertiary/aromatic N) is 2. The third-order valence-corrected chi connectivity index (χ3v) is 7.33. The molecule has 5 atom stereocenters. The topological polar surface area (TPSA) is 113 Å². The molecule has 9 heteroatoms. The van der Waals surface area contributed by atoms with Crippen molar-refractivity contribution in [1.82, 2.24) is 26.1 Å². The minimum atomic E-state index is -0.788. The number of ether oxygens (including phenoxy) is 1. The van der Waals surface area contributed by atoms with Gasteiger partial charge in [-0.15, -0.1) is 0 Å². The number of fused-ring (bicyclic) bond motifs is 4. The maximum atomic E-state index is 13.2. The average molecular weight is 534 g/mol. The Kier molecular flexibility index (Phi) is 8.70. The quantitative estimate of drug-likeness (QED) is 0.480. The third-order valence-electron chi connectivity index (χ3n) is 7.33. The number of pyridine rings is 1. The predicted octanol–water partition coefficient (Wildman–Crippen LogP) is 3.63. The van der Waals surface area contributed by atoms with Crippen LogP contribution in [0.1, 0.15) is 64.8 Å². The van der Waals surface area contributed by atoms with Gasteiger partial charge in [-0.1, -0.05) is 57.7 Å². The summed E-state index contributed by atoms with van der Waals surface area (Å²) in [6.07, 6.45) is 4.63. The number of benzene rings is 1. The number of carbonyl (C=O) groups is 3. The Morgan fingerprint density at radius 3 is 2.56 bits per heavy atom. The van der Waals surface area contributed by atoms with Crippen molar-refractivity contribution in [2.24, 2.45) is 11.8 Å². The molecule has 2 aliphatic rings. The molecule has 2 aromatic rings. The van der Waals surface area contributed by atoms with Gasteiger partial charge in [0.15, 0.2) is 0 Å². The first-order valence-electron chi connectivity index (χ1n) is 13.7. The lowest BCUT2D eigenvalue weighted by Gasteiger charge is -2.35. The number of esters is 1. The molecule has 9 nitrogen and oxygen atoms in total. The maximum absolute atomic E-state index is 13.2. The fourth-order valence-corrected chi connectivity index (χ4v) is 4.75. The van der Waals surface area contributed by atoms with E-state index in [0.717, 1.165) is 16.5 Å². The molecule has 1 saturated heterocycles. The van der Waals surface area contributed by atoms with Gasteiger partial charge in [-0.05, 0) is 50.3 Å². The molecule has 5 bridgehead atoms. The van der Waals surface area contributed by atoms with E-state index in [9.17, 15) is 14.4 Å². The summed E-state index contributed by atoms with van der Waals surface area (Å²) in [5.41, 5.74) is 6.13. The van der Waals surface area contributed by atoms with Crippen LogP contribution in [0.2, 0.25) is 0 Å². The van der Waals surface area contributed by atoms with Crippen LogP contribution in [0.25, 0.3) is 17.0 Å². The predicted molar refractivity (Wildman–Crippen MR) is 151 cm³/mol. The van der Waals surface area contributed by atoms with Crippen LogP contribution in [0.15, 0.2) is 48.7 Å². The molecule has 1 fully saturated rings. The smallest absolute Gasteiger partial charge is 0.325 e. The highest BCUT2D eigenvalue weighted by atomic mass is 16.5. The van der Waals surface area contributed by atoms with E-state index in [-0.39, 0.29) is 23.7 Å². The molecular weight excluding hydrogens is 494 g/mol. The number of hydrazine groups is 1. The van der Waals surface area contributed by atoms with Crippen LogP contribution in [-0.2, 0) is 19.1 Å². The van der Waals surface area contributed by atoms with E-state index in [4.69, 9.17) is 9.72 Å². The van der Waals surface area contributed by atoms with Crippen molar-refractivity contribution in [1.29, 1.82) is 0 Å². The van der Waals surface area contributed by atoms with E-state index in [1.807, 2.05) is 63.3 Å². The first kappa shape index (κ1) is 28.3. The van der Waals surface area contributed by atoms with Gasteiger partial charge in [0, 0.05) is 23.5 Å². The molecule has 39 heavy (non-hydrogen) atoms. The van der Waals surface area contributed by atoms with Crippen molar-refractivity contribution >= 4 is 34.8 Å². The molecule has 1 aromatic carbocycles. The van der Waals surface area contributed by atoms with Crippen LogP contribution in [0, 0.1) is 11.8 Å². The summed E-state index contributed by atoms with van der Waals surface area (Å²) in [6, 6.07) is 7.82. The summed E-state index contributed by atoms with van der Waals surface area (Å²) in [4.78, 5) is 44.2. The molecule has 0 saturated carbocycles. The molecule has 3 N–H and O–H groups in total. The van der Waals surface area contributed by atoms with Crippen molar-refractivity contribution < 1.29 is 19.1 Å². The van der Waals surface area contributed by atoms with Crippen LogP contribution in [0.5, 0.6) is 0 Å². The van der Waals surface area contributed by atoms with Gasteiger partial charge in [0.05, 0.1) is 11.2 Å². The Bertz CT molecular complexity index is 1290. The highest BCUT2D eigenvalue weighted by Gasteiger charge is 2.33. The normalized spacial score (nSPS) is 28.2. The first-order valence-corrected chi connectivity index (χ1v) is 13.7. The number of amides is 2. The van der Waals surface area contributed by atoms with E-state index in [0.29, 0.717) is 30.8 Å². The Balaban J connectivity index is 1.67. The van der Waals surface area contributed by atoms with Gasteiger partial charge >= 0.3 is 5.97 Å². The van der Waals surface area contributed by atoms with E-state index in [1.54, 1.807) is 13.8 Å². The molecule has 1 aromatic heterocycles. The standard InChI is InChI=1S/C30H39N5O4/c1-17(2)27-28(36)32-20(5)29(37)35-15-7-8-25(34-35)30(38)39-21(6)24-14-13-23-12-11-22(16-26(23)33-24)10-9-18(3)19(4)31-27/h9-14,16-18,20-21,25,27,31,34H,4,7-8,15H2,1-3,5-6H3,(H,32,36)/b10-9+/t18-,20+,21-,25+,27+/m1/s1. The van der Waals surface area contributed by atoms with Gasteiger partial charge < -0.3 is 15.4 Å². The van der Waals surface area contributed by atoms with Crippen molar-refractivity contribution in [3.63, 3.8) is 0 Å². The van der Waals surface area contributed by atoms with Crippen LogP contribution in [0.3, 0.4) is 0 Å². The molecule has 2 amide bonds. The van der Waals surface area contributed by atoms with Gasteiger partial charge in [-0.2, -0.15) is 0 Å². The largest absolute Gasteiger partial charge is 0.455 e. The molecule has 2 aliphatic heterocycles. The zero-order chi connectivity index (χ0) is 28.3. The molecule has 0 radical (unpaired) electrons. The highest BCUT2D eigenvalue weighted by molar-refractivity contribution is 5.90. The van der Waals surface area contributed by atoms with Gasteiger partial charge in [-0.3, -0.25) is 19.4 Å². The summed E-state index contributed by atoms with van der Waals surface area (Å²) in [5.74, 6) is -1.15. The molecule has 3 heterocycles. The number of allylic oxidation sites excluding steroid dienone is 1. The lowest BCUT2D eigenvalue weighted by molar-refractivity contribution is -0.157. The molecule has 4 rings (SSSR count). The minimum Gasteiger partial charge on any atom is -0.455 e. The van der Waals surface area contributed by atoms with E-state index < -0.39 is 30.2 Å².